The molecule has 0 aliphatic rings. The molecule has 0 spiro atoms. The maximum atomic E-state index is 12.8. The zero-order chi connectivity index (χ0) is 17.5. The second kappa shape index (κ2) is 5.68. The molecule has 0 aliphatic heterocycles. The van der Waals surface area contributed by atoms with Crippen LogP contribution in [0.4, 0.5) is 0 Å². The summed E-state index contributed by atoms with van der Waals surface area (Å²) in [4.78, 5) is 11.2. The summed E-state index contributed by atoms with van der Waals surface area (Å²) in [5.74, 6) is -0.651. The quantitative estimate of drug-likeness (QED) is 0.583. The summed E-state index contributed by atoms with van der Waals surface area (Å²) in [6.45, 7) is 3.09. The molecule has 0 atom stereocenters. The van der Waals surface area contributed by atoms with Crippen LogP contribution in [0.2, 0.25) is 0 Å². The zero-order valence-electron chi connectivity index (χ0n) is 13.1. The van der Waals surface area contributed by atoms with Crippen LogP contribution < -0.4 is 4.74 Å². The molecule has 0 saturated carbocycles. The number of phenolic OH excluding ortho intramolecular Hbond substituents is 1. The minimum Gasteiger partial charge on any atom is -0.507 e. The summed E-state index contributed by atoms with van der Waals surface area (Å²) in [5.41, 5.74) is 1.17. The van der Waals surface area contributed by atoms with E-state index in [0.717, 1.165) is 9.54 Å². The van der Waals surface area contributed by atoms with Gasteiger partial charge in [0.05, 0.1) is 10.4 Å². The number of hydrogen-bond donors (Lipinski definition) is 1. The fourth-order valence-electron chi connectivity index (χ4n) is 2.43. The number of nitrogens with zero attached hydrogens (tertiary/aromatic N) is 1. The molecular formula is C17H15NO5S. The first-order valence-corrected chi connectivity index (χ1v) is 8.58. The van der Waals surface area contributed by atoms with Crippen molar-refractivity contribution in [1.29, 1.82) is 0 Å². The molecule has 0 unspecified atom stereocenters. The van der Waals surface area contributed by atoms with Crippen LogP contribution in [-0.4, -0.2) is 23.5 Å². The van der Waals surface area contributed by atoms with Gasteiger partial charge < -0.3 is 9.84 Å². The first-order valence-electron chi connectivity index (χ1n) is 7.14. The summed E-state index contributed by atoms with van der Waals surface area (Å²) >= 11 is 0. The molecule has 1 aromatic heterocycles. The van der Waals surface area contributed by atoms with Crippen LogP contribution in [0.15, 0.2) is 53.6 Å². The van der Waals surface area contributed by atoms with Gasteiger partial charge in [-0.2, -0.15) is 0 Å². The molecule has 7 heteroatoms. The molecule has 0 bridgehead atoms. The van der Waals surface area contributed by atoms with E-state index in [1.807, 2.05) is 6.92 Å². The minimum atomic E-state index is -3.84. The predicted octanol–water partition coefficient (Wildman–Crippen LogP) is 2.82. The zero-order valence-corrected chi connectivity index (χ0v) is 13.9. The van der Waals surface area contributed by atoms with Crippen LogP contribution >= 0.6 is 0 Å². The second-order valence-electron chi connectivity index (χ2n) is 5.40. The molecule has 2 aromatic carbocycles. The van der Waals surface area contributed by atoms with Gasteiger partial charge in [0.1, 0.15) is 11.5 Å². The highest BCUT2D eigenvalue weighted by Crippen LogP contribution is 2.33. The van der Waals surface area contributed by atoms with Crippen LogP contribution in [-0.2, 0) is 14.8 Å². The lowest BCUT2D eigenvalue weighted by Gasteiger charge is -2.09. The molecule has 6 nitrogen and oxygen atoms in total. The van der Waals surface area contributed by atoms with Crippen LogP contribution in [0.3, 0.4) is 0 Å². The van der Waals surface area contributed by atoms with Crippen molar-refractivity contribution in [3.63, 3.8) is 0 Å². The molecule has 0 amide bonds. The van der Waals surface area contributed by atoms with E-state index in [1.165, 1.54) is 43.5 Å². The van der Waals surface area contributed by atoms with Gasteiger partial charge in [0.2, 0.25) is 0 Å². The molecule has 124 valence electrons. The number of phenols is 1. The fourth-order valence-corrected chi connectivity index (χ4v) is 3.77. The molecule has 3 aromatic rings. The standard InChI is InChI=1S/C17H15NO5S/c1-11-3-5-14(6-4-11)24(21,22)18-8-7-15-16(18)9-13(10-17(15)20)23-12(2)19/h3-10,20H,1-2H3. The van der Waals surface area contributed by atoms with Gasteiger partial charge in [0.15, 0.2) is 0 Å². The lowest BCUT2D eigenvalue weighted by atomic mass is 10.2. The van der Waals surface area contributed by atoms with Crippen molar-refractivity contribution in [1.82, 2.24) is 3.97 Å². The van der Waals surface area contributed by atoms with Crippen LogP contribution in [0.5, 0.6) is 11.5 Å². The number of aromatic nitrogens is 1. The Morgan fingerprint density at radius 2 is 1.79 bits per heavy atom. The third-order valence-electron chi connectivity index (χ3n) is 3.56. The Kier molecular flexibility index (Phi) is 3.81. The summed E-state index contributed by atoms with van der Waals surface area (Å²) < 4.78 is 31.7. The normalized spacial score (nSPS) is 11.6. The van der Waals surface area contributed by atoms with Crippen LogP contribution in [0.1, 0.15) is 12.5 Å². The molecular weight excluding hydrogens is 330 g/mol. The number of carbonyl (C=O) groups is 1. The maximum absolute atomic E-state index is 12.8. The molecule has 1 heterocycles. The van der Waals surface area contributed by atoms with Gasteiger partial charge in [-0.25, -0.2) is 12.4 Å². The second-order valence-corrected chi connectivity index (χ2v) is 7.21. The van der Waals surface area contributed by atoms with Crippen molar-refractivity contribution >= 4 is 26.9 Å². The number of aromatic hydroxyl groups is 1. The number of esters is 1. The monoisotopic (exact) mass is 345 g/mol. The number of fused-ring (bicyclic) bond motifs is 1. The van der Waals surface area contributed by atoms with Gasteiger partial charge in [0.25, 0.3) is 10.0 Å². The topological polar surface area (TPSA) is 85.6 Å². The summed E-state index contributed by atoms with van der Waals surface area (Å²) in [5, 5.41) is 10.4. The number of hydrogen-bond acceptors (Lipinski definition) is 5. The fraction of sp³-hybridized carbons (Fsp3) is 0.118. The van der Waals surface area contributed by atoms with Crippen LogP contribution in [0.25, 0.3) is 10.9 Å². The average Bonchev–Trinajstić information content (AvgIpc) is 2.92. The van der Waals surface area contributed by atoms with E-state index in [0.29, 0.717) is 5.39 Å². The van der Waals surface area contributed by atoms with Gasteiger partial charge in [0, 0.05) is 30.6 Å². The van der Waals surface area contributed by atoms with Crippen molar-refractivity contribution in [3.05, 3.63) is 54.2 Å². The average molecular weight is 345 g/mol. The third-order valence-corrected chi connectivity index (χ3v) is 5.27. The molecule has 1 N–H and O–H groups in total. The van der Waals surface area contributed by atoms with Crippen LogP contribution in [0, 0.1) is 6.92 Å². The molecule has 24 heavy (non-hydrogen) atoms. The largest absolute Gasteiger partial charge is 0.507 e. The smallest absolute Gasteiger partial charge is 0.308 e. The van der Waals surface area contributed by atoms with E-state index in [-0.39, 0.29) is 21.9 Å². The molecule has 0 radical (unpaired) electrons. The summed E-state index contributed by atoms with van der Waals surface area (Å²) in [7, 11) is -3.84. The minimum absolute atomic E-state index is 0.0755. The Labute approximate surface area is 139 Å². The summed E-state index contributed by atoms with van der Waals surface area (Å²) in [6.07, 6.45) is 1.36. The van der Waals surface area contributed by atoms with Crippen molar-refractivity contribution in [2.45, 2.75) is 18.7 Å². The lowest BCUT2D eigenvalue weighted by Crippen LogP contribution is -2.12. The van der Waals surface area contributed by atoms with Gasteiger partial charge in [-0.3, -0.25) is 4.79 Å². The Balaban J connectivity index is 2.20. The molecule has 0 fully saturated rings. The highest BCUT2D eigenvalue weighted by atomic mass is 32.2. The van der Waals surface area contributed by atoms with Crippen molar-refractivity contribution in [3.8, 4) is 11.5 Å². The Morgan fingerprint density at radius 1 is 1.12 bits per heavy atom. The number of carbonyl (C=O) groups excluding carboxylic acids is 1. The molecule has 0 saturated heterocycles. The summed E-state index contributed by atoms with van der Waals surface area (Å²) in [6, 6.07) is 10.6. The van der Waals surface area contributed by atoms with Gasteiger partial charge in [-0.05, 0) is 25.1 Å². The number of ether oxygens (including phenoxy) is 1. The van der Waals surface area contributed by atoms with Crippen molar-refractivity contribution in [2.75, 3.05) is 0 Å². The highest BCUT2D eigenvalue weighted by Gasteiger charge is 2.20. The highest BCUT2D eigenvalue weighted by molar-refractivity contribution is 7.90. The van der Waals surface area contributed by atoms with E-state index >= 15 is 0 Å². The van der Waals surface area contributed by atoms with Gasteiger partial charge >= 0.3 is 5.97 Å². The van der Waals surface area contributed by atoms with E-state index in [4.69, 9.17) is 4.74 Å². The number of aryl methyl sites for hydroxylation is 1. The Morgan fingerprint density at radius 3 is 2.42 bits per heavy atom. The SMILES string of the molecule is CC(=O)Oc1cc(O)c2ccn(S(=O)(=O)c3ccc(C)cc3)c2c1. The Bertz CT molecular complexity index is 1030. The maximum Gasteiger partial charge on any atom is 0.308 e. The van der Waals surface area contributed by atoms with Gasteiger partial charge in [-0.1, -0.05) is 17.7 Å². The van der Waals surface area contributed by atoms with E-state index in [9.17, 15) is 18.3 Å². The molecule has 0 aliphatic carbocycles. The predicted molar refractivity (Wildman–Crippen MR) is 88.7 cm³/mol. The van der Waals surface area contributed by atoms with Crippen molar-refractivity contribution in [2.24, 2.45) is 0 Å². The Hall–Kier alpha value is -2.80. The lowest BCUT2D eigenvalue weighted by molar-refractivity contribution is -0.131. The third kappa shape index (κ3) is 2.74. The first-order chi connectivity index (χ1) is 11.3. The molecule has 3 rings (SSSR count). The van der Waals surface area contributed by atoms with Crippen molar-refractivity contribution < 1.29 is 23.1 Å². The van der Waals surface area contributed by atoms with E-state index in [2.05, 4.69) is 0 Å². The van der Waals surface area contributed by atoms with E-state index < -0.39 is 16.0 Å². The first kappa shape index (κ1) is 16.1. The number of rotatable bonds is 3. The van der Waals surface area contributed by atoms with E-state index in [1.54, 1.807) is 12.1 Å². The number of benzene rings is 2. The van der Waals surface area contributed by atoms with Gasteiger partial charge in [-0.15, -0.1) is 0 Å².